The highest BCUT2D eigenvalue weighted by molar-refractivity contribution is 6.01. The van der Waals surface area contributed by atoms with Crippen LogP contribution in [0.15, 0.2) is 46.2 Å². The molecule has 0 bridgehead atoms. The van der Waals surface area contributed by atoms with E-state index in [1.165, 1.54) is 21.3 Å². The van der Waals surface area contributed by atoms with E-state index in [0.29, 0.717) is 52.9 Å². The molecule has 2 aromatic rings. The monoisotopic (exact) mass is 399 g/mol. The molecule has 0 saturated heterocycles. The van der Waals surface area contributed by atoms with Crippen molar-refractivity contribution < 1.29 is 28.2 Å². The van der Waals surface area contributed by atoms with Crippen LogP contribution in [0.5, 0.6) is 17.2 Å². The second-order valence-corrected chi connectivity index (χ2v) is 6.62. The van der Waals surface area contributed by atoms with Gasteiger partial charge in [-0.2, -0.15) is 0 Å². The van der Waals surface area contributed by atoms with Crippen molar-refractivity contribution in [2.45, 2.75) is 12.6 Å². The van der Waals surface area contributed by atoms with Gasteiger partial charge in [-0.25, -0.2) is 4.79 Å². The van der Waals surface area contributed by atoms with Crippen molar-refractivity contribution in [3.8, 4) is 17.2 Å². The van der Waals surface area contributed by atoms with Gasteiger partial charge in [0.05, 0.1) is 58.0 Å². The summed E-state index contributed by atoms with van der Waals surface area (Å²) in [5.74, 6) is 1.80. The molecule has 9 nitrogen and oxygen atoms in total. The van der Waals surface area contributed by atoms with Crippen LogP contribution < -0.4 is 24.8 Å². The molecule has 29 heavy (non-hydrogen) atoms. The first-order valence-corrected chi connectivity index (χ1v) is 8.97. The third kappa shape index (κ3) is 3.24. The Morgan fingerprint density at radius 3 is 2.45 bits per heavy atom. The van der Waals surface area contributed by atoms with Gasteiger partial charge in [-0.3, -0.25) is 4.79 Å². The number of methoxy groups -OCH3 is 3. The van der Waals surface area contributed by atoms with Crippen molar-refractivity contribution in [1.29, 1.82) is 0 Å². The molecule has 9 heteroatoms. The molecule has 0 aliphatic carbocycles. The molecule has 152 valence electrons. The van der Waals surface area contributed by atoms with E-state index in [-0.39, 0.29) is 11.9 Å². The van der Waals surface area contributed by atoms with Gasteiger partial charge in [0.1, 0.15) is 5.76 Å². The number of urea groups is 1. The zero-order chi connectivity index (χ0) is 20.5. The Labute approximate surface area is 167 Å². The van der Waals surface area contributed by atoms with E-state index in [1.807, 2.05) is 0 Å². The number of nitrogens with one attached hydrogen (secondary N) is 2. The molecule has 1 aromatic heterocycles. The number of rotatable bonds is 6. The van der Waals surface area contributed by atoms with Gasteiger partial charge in [0.15, 0.2) is 11.5 Å². The zero-order valence-corrected chi connectivity index (χ0v) is 16.3. The van der Waals surface area contributed by atoms with Gasteiger partial charge in [0.2, 0.25) is 5.75 Å². The number of benzene rings is 1. The summed E-state index contributed by atoms with van der Waals surface area (Å²) in [6, 6.07) is 6.00. The fourth-order valence-electron chi connectivity index (χ4n) is 3.66. The molecule has 3 amide bonds. The van der Waals surface area contributed by atoms with E-state index >= 15 is 0 Å². The van der Waals surface area contributed by atoms with E-state index in [0.717, 1.165) is 0 Å². The number of nitrogens with zero attached hydrogens (tertiary/aromatic N) is 1. The average molecular weight is 399 g/mol. The Morgan fingerprint density at radius 2 is 1.86 bits per heavy atom. The lowest BCUT2D eigenvalue weighted by Gasteiger charge is -2.26. The molecule has 2 aliphatic rings. The lowest BCUT2D eigenvalue weighted by atomic mass is 9.95. The zero-order valence-electron chi connectivity index (χ0n) is 16.3. The van der Waals surface area contributed by atoms with Crippen LogP contribution in [0.2, 0.25) is 0 Å². The van der Waals surface area contributed by atoms with Crippen LogP contribution in [0, 0.1) is 0 Å². The fraction of sp³-hybridized carbons (Fsp3) is 0.300. The Hall–Kier alpha value is -3.62. The van der Waals surface area contributed by atoms with Crippen molar-refractivity contribution in [1.82, 2.24) is 15.5 Å². The summed E-state index contributed by atoms with van der Waals surface area (Å²) < 4.78 is 21.5. The second kappa shape index (κ2) is 7.42. The number of hydrogen-bond donors (Lipinski definition) is 2. The molecule has 0 unspecified atom stereocenters. The van der Waals surface area contributed by atoms with Crippen molar-refractivity contribution in [2.24, 2.45) is 0 Å². The largest absolute Gasteiger partial charge is 0.493 e. The molecule has 1 atom stereocenters. The van der Waals surface area contributed by atoms with Crippen LogP contribution in [0.3, 0.4) is 0 Å². The van der Waals surface area contributed by atoms with Crippen molar-refractivity contribution in [2.75, 3.05) is 27.9 Å². The standard InChI is InChI=1S/C20H21N3O6/c1-26-14-7-11(8-15(27-2)18(14)28-3)17-16-13(21-20(25)22-17)10-23(19(16)24)9-12-5-4-6-29-12/h4-8,17H,9-10H2,1-3H3,(H2,21,22,25)/t17-/m0/s1. The fourth-order valence-corrected chi connectivity index (χ4v) is 3.66. The number of hydrogen-bond acceptors (Lipinski definition) is 6. The van der Waals surface area contributed by atoms with Crippen LogP contribution in [0.1, 0.15) is 17.4 Å². The molecule has 0 spiro atoms. The normalized spacial score (nSPS) is 18.3. The Kier molecular flexibility index (Phi) is 4.79. The topological polar surface area (TPSA) is 102 Å². The summed E-state index contributed by atoms with van der Waals surface area (Å²) in [6.45, 7) is 0.611. The highest BCUT2D eigenvalue weighted by Gasteiger charge is 2.41. The van der Waals surface area contributed by atoms with Crippen LogP contribution in [-0.2, 0) is 11.3 Å². The van der Waals surface area contributed by atoms with Crippen LogP contribution >= 0.6 is 0 Å². The van der Waals surface area contributed by atoms with Gasteiger partial charge in [-0.05, 0) is 29.8 Å². The smallest absolute Gasteiger partial charge is 0.319 e. The van der Waals surface area contributed by atoms with Crippen LogP contribution in [0.25, 0.3) is 0 Å². The number of amides is 3. The molecule has 2 aliphatic heterocycles. The van der Waals surface area contributed by atoms with E-state index in [4.69, 9.17) is 18.6 Å². The van der Waals surface area contributed by atoms with Gasteiger partial charge in [-0.15, -0.1) is 0 Å². The Bertz CT molecular complexity index is 957. The quantitative estimate of drug-likeness (QED) is 0.770. The minimum Gasteiger partial charge on any atom is -0.493 e. The molecule has 2 N–H and O–H groups in total. The lowest BCUT2D eigenvalue weighted by Crippen LogP contribution is -2.44. The third-order valence-electron chi connectivity index (χ3n) is 4.97. The molecular formula is C20H21N3O6. The minimum atomic E-state index is -0.651. The predicted molar refractivity (Wildman–Crippen MR) is 102 cm³/mol. The van der Waals surface area contributed by atoms with Gasteiger partial charge < -0.3 is 34.2 Å². The number of carbonyl (C=O) groups excluding carboxylic acids is 2. The maximum Gasteiger partial charge on any atom is 0.319 e. The molecule has 0 radical (unpaired) electrons. The molecule has 0 saturated carbocycles. The first kappa shape index (κ1) is 18.7. The SMILES string of the molecule is COc1cc([C@@H]2NC(=O)NC3=C2C(=O)N(Cc2ccco2)C3)cc(OC)c1OC. The highest BCUT2D eigenvalue weighted by atomic mass is 16.5. The van der Waals surface area contributed by atoms with Crippen molar-refractivity contribution in [3.05, 3.63) is 53.1 Å². The Morgan fingerprint density at radius 1 is 1.14 bits per heavy atom. The molecule has 0 fully saturated rings. The minimum absolute atomic E-state index is 0.178. The van der Waals surface area contributed by atoms with E-state index in [2.05, 4.69) is 10.6 Å². The number of carbonyl (C=O) groups is 2. The summed E-state index contributed by atoms with van der Waals surface area (Å²) >= 11 is 0. The molecule has 4 rings (SSSR count). The van der Waals surface area contributed by atoms with Crippen LogP contribution in [-0.4, -0.2) is 44.7 Å². The van der Waals surface area contributed by atoms with Crippen LogP contribution in [0.4, 0.5) is 4.79 Å². The van der Waals surface area contributed by atoms with Crippen molar-refractivity contribution >= 4 is 11.9 Å². The van der Waals surface area contributed by atoms with Gasteiger partial charge in [0, 0.05) is 0 Å². The maximum absolute atomic E-state index is 13.1. The summed E-state index contributed by atoms with van der Waals surface area (Å²) in [7, 11) is 4.54. The third-order valence-corrected chi connectivity index (χ3v) is 4.97. The summed E-state index contributed by atoms with van der Waals surface area (Å²) in [5.41, 5.74) is 1.70. The summed E-state index contributed by atoms with van der Waals surface area (Å²) in [5, 5.41) is 5.57. The summed E-state index contributed by atoms with van der Waals surface area (Å²) in [4.78, 5) is 27.0. The number of furan rings is 1. The number of ether oxygens (including phenoxy) is 3. The van der Waals surface area contributed by atoms with Gasteiger partial charge in [-0.1, -0.05) is 0 Å². The summed E-state index contributed by atoms with van der Waals surface area (Å²) in [6.07, 6.45) is 1.56. The van der Waals surface area contributed by atoms with Crippen molar-refractivity contribution in [3.63, 3.8) is 0 Å². The lowest BCUT2D eigenvalue weighted by molar-refractivity contribution is -0.126. The van der Waals surface area contributed by atoms with Gasteiger partial charge in [0.25, 0.3) is 5.91 Å². The predicted octanol–water partition coefficient (Wildman–Crippen LogP) is 1.96. The second-order valence-electron chi connectivity index (χ2n) is 6.62. The molecular weight excluding hydrogens is 378 g/mol. The average Bonchev–Trinajstić information content (AvgIpc) is 3.34. The first-order chi connectivity index (χ1) is 14.0. The van der Waals surface area contributed by atoms with E-state index in [9.17, 15) is 9.59 Å². The Balaban J connectivity index is 1.71. The first-order valence-electron chi connectivity index (χ1n) is 8.97. The van der Waals surface area contributed by atoms with Gasteiger partial charge >= 0.3 is 6.03 Å². The maximum atomic E-state index is 13.1. The van der Waals surface area contributed by atoms with E-state index < -0.39 is 6.04 Å². The molecule has 3 heterocycles. The highest BCUT2D eigenvalue weighted by Crippen LogP contribution is 2.42. The molecule has 1 aromatic carbocycles. The van der Waals surface area contributed by atoms with E-state index in [1.54, 1.807) is 35.4 Å².